The van der Waals surface area contributed by atoms with E-state index in [1.54, 1.807) is 12.1 Å². The van der Waals surface area contributed by atoms with E-state index in [4.69, 9.17) is 22.0 Å². The van der Waals surface area contributed by atoms with Gasteiger partial charge in [-0.25, -0.2) is 0 Å². The minimum absolute atomic E-state index is 0.132. The summed E-state index contributed by atoms with van der Waals surface area (Å²) in [4.78, 5) is 0. The molecule has 0 heterocycles. The lowest BCUT2D eigenvalue weighted by Crippen LogP contribution is -2.01. The van der Waals surface area contributed by atoms with E-state index >= 15 is 0 Å². The van der Waals surface area contributed by atoms with Crippen molar-refractivity contribution in [1.29, 1.82) is 10.5 Å². The van der Waals surface area contributed by atoms with E-state index in [0.29, 0.717) is 22.5 Å². The van der Waals surface area contributed by atoms with Crippen LogP contribution in [0.5, 0.6) is 0 Å². The highest BCUT2D eigenvalue weighted by Crippen LogP contribution is 2.23. The molecule has 0 radical (unpaired) electrons. The first-order chi connectivity index (χ1) is 6.20. The van der Waals surface area contributed by atoms with Crippen molar-refractivity contribution in [3.8, 4) is 12.1 Å². The first-order valence-electron chi connectivity index (χ1n) is 3.64. The average Bonchev–Trinajstić information content (AvgIpc) is 2.12. The summed E-state index contributed by atoms with van der Waals surface area (Å²) < 4.78 is 0. The molecule has 0 fully saturated rings. The molecule has 1 rings (SSSR count). The van der Waals surface area contributed by atoms with Crippen LogP contribution in [0.15, 0.2) is 12.1 Å². The average molecular weight is 172 g/mol. The van der Waals surface area contributed by atoms with Gasteiger partial charge in [0.25, 0.3) is 0 Å². The molecule has 0 atom stereocenters. The molecule has 0 bridgehead atoms. The van der Waals surface area contributed by atoms with Gasteiger partial charge in [-0.1, -0.05) is 0 Å². The molecule has 0 amide bonds. The Morgan fingerprint density at radius 3 is 2.46 bits per heavy atom. The Hall–Kier alpha value is -2.20. The van der Waals surface area contributed by atoms with Gasteiger partial charge in [0.05, 0.1) is 23.7 Å². The normalized spacial score (nSPS) is 8.77. The number of hydrogen-bond acceptors (Lipinski definition) is 4. The molecule has 4 nitrogen and oxygen atoms in total. The number of nitriles is 2. The lowest BCUT2D eigenvalue weighted by molar-refractivity contribution is 1.26. The summed E-state index contributed by atoms with van der Waals surface area (Å²) in [5.41, 5.74) is 12.9. The van der Waals surface area contributed by atoms with Gasteiger partial charge in [-0.05, 0) is 12.1 Å². The third-order valence-corrected chi connectivity index (χ3v) is 1.77. The summed E-state index contributed by atoms with van der Waals surface area (Å²) in [6.45, 7) is 0. The zero-order chi connectivity index (χ0) is 9.84. The molecule has 0 aliphatic heterocycles. The second-order valence-corrected chi connectivity index (χ2v) is 2.54. The lowest BCUT2D eigenvalue weighted by Gasteiger charge is -2.06. The molecule has 1 aromatic rings. The Bertz CT molecular complexity index is 409. The summed E-state index contributed by atoms with van der Waals surface area (Å²) in [6.07, 6.45) is 0.132. The number of nitrogens with zero attached hydrogens (tertiary/aromatic N) is 2. The molecule has 0 unspecified atom stereocenters. The Kier molecular flexibility index (Phi) is 2.37. The van der Waals surface area contributed by atoms with Crippen LogP contribution in [0.4, 0.5) is 11.4 Å². The predicted octanol–water partition coefficient (Wildman–Crippen LogP) is 0.789. The first kappa shape index (κ1) is 8.89. The van der Waals surface area contributed by atoms with E-state index in [-0.39, 0.29) is 6.42 Å². The second kappa shape index (κ2) is 3.46. The number of nitrogens with two attached hydrogens (primary N) is 2. The topological polar surface area (TPSA) is 99.6 Å². The van der Waals surface area contributed by atoms with Crippen molar-refractivity contribution in [2.45, 2.75) is 6.42 Å². The van der Waals surface area contributed by atoms with Crippen LogP contribution in [0.3, 0.4) is 0 Å². The van der Waals surface area contributed by atoms with Gasteiger partial charge in [0.15, 0.2) is 0 Å². The number of nitrogen functional groups attached to an aromatic ring is 2. The van der Waals surface area contributed by atoms with Crippen molar-refractivity contribution in [3.63, 3.8) is 0 Å². The van der Waals surface area contributed by atoms with Crippen molar-refractivity contribution < 1.29 is 0 Å². The van der Waals surface area contributed by atoms with Crippen LogP contribution < -0.4 is 11.5 Å². The van der Waals surface area contributed by atoms with Crippen molar-refractivity contribution in [1.82, 2.24) is 0 Å². The highest BCUT2D eigenvalue weighted by molar-refractivity contribution is 5.69. The molecule has 0 saturated carbocycles. The second-order valence-electron chi connectivity index (χ2n) is 2.54. The smallest absolute Gasteiger partial charge is 0.101 e. The summed E-state index contributed by atoms with van der Waals surface area (Å²) in [7, 11) is 0. The van der Waals surface area contributed by atoms with Crippen molar-refractivity contribution >= 4 is 11.4 Å². The predicted molar refractivity (Wildman–Crippen MR) is 49.3 cm³/mol. The van der Waals surface area contributed by atoms with Crippen LogP contribution in [-0.4, -0.2) is 0 Å². The fraction of sp³-hybridized carbons (Fsp3) is 0.111. The number of anilines is 2. The summed E-state index contributed by atoms with van der Waals surface area (Å²) >= 11 is 0. The molecule has 4 N–H and O–H groups in total. The number of benzene rings is 1. The van der Waals surface area contributed by atoms with Crippen LogP contribution in [0.1, 0.15) is 11.1 Å². The molecule has 13 heavy (non-hydrogen) atoms. The maximum Gasteiger partial charge on any atom is 0.101 e. The first-order valence-corrected chi connectivity index (χ1v) is 3.64. The van der Waals surface area contributed by atoms with Gasteiger partial charge in [-0.2, -0.15) is 10.5 Å². The Morgan fingerprint density at radius 2 is 1.92 bits per heavy atom. The third-order valence-electron chi connectivity index (χ3n) is 1.77. The SMILES string of the molecule is N#CCc1c(N)ccc(C#N)c1N. The maximum absolute atomic E-state index is 8.65. The van der Waals surface area contributed by atoms with E-state index in [9.17, 15) is 0 Å². The Balaban J connectivity index is 3.33. The molecule has 1 aromatic carbocycles. The van der Waals surface area contributed by atoms with Gasteiger partial charge >= 0.3 is 0 Å². The molecule has 0 spiro atoms. The van der Waals surface area contributed by atoms with Gasteiger partial charge in [0.2, 0.25) is 0 Å². The molecular formula is C9H8N4. The largest absolute Gasteiger partial charge is 0.398 e. The maximum atomic E-state index is 8.65. The van der Waals surface area contributed by atoms with E-state index in [0.717, 1.165) is 0 Å². The lowest BCUT2D eigenvalue weighted by atomic mass is 10.0. The van der Waals surface area contributed by atoms with Crippen molar-refractivity contribution in [3.05, 3.63) is 23.3 Å². The zero-order valence-electron chi connectivity index (χ0n) is 6.91. The minimum atomic E-state index is 0.132. The minimum Gasteiger partial charge on any atom is -0.398 e. The molecule has 4 heteroatoms. The molecule has 0 aromatic heterocycles. The van der Waals surface area contributed by atoms with Gasteiger partial charge < -0.3 is 11.5 Å². The fourth-order valence-corrected chi connectivity index (χ4v) is 1.06. The van der Waals surface area contributed by atoms with Gasteiger partial charge in [0.1, 0.15) is 6.07 Å². The summed E-state index contributed by atoms with van der Waals surface area (Å²) in [5.74, 6) is 0. The van der Waals surface area contributed by atoms with Gasteiger partial charge in [-0.15, -0.1) is 0 Å². The van der Waals surface area contributed by atoms with Crippen LogP contribution in [0.25, 0.3) is 0 Å². The van der Waals surface area contributed by atoms with E-state index in [2.05, 4.69) is 0 Å². The highest BCUT2D eigenvalue weighted by atomic mass is 14.6. The molecule has 64 valence electrons. The molecule has 0 saturated heterocycles. The van der Waals surface area contributed by atoms with E-state index in [1.165, 1.54) is 0 Å². The Morgan fingerprint density at radius 1 is 1.23 bits per heavy atom. The van der Waals surface area contributed by atoms with E-state index in [1.807, 2.05) is 12.1 Å². The van der Waals surface area contributed by atoms with E-state index < -0.39 is 0 Å². The summed E-state index contributed by atoms with van der Waals surface area (Å²) in [5, 5.41) is 17.1. The Labute approximate surface area is 76.0 Å². The van der Waals surface area contributed by atoms with Crippen molar-refractivity contribution in [2.24, 2.45) is 0 Å². The third kappa shape index (κ3) is 1.52. The zero-order valence-corrected chi connectivity index (χ0v) is 6.91. The van der Waals surface area contributed by atoms with Crippen LogP contribution in [0.2, 0.25) is 0 Å². The van der Waals surface area contributed by atoms with Gasteiger partial charge in [0, 0.05) is 11.3 Å². The molecular weight excluding hydrogens is 164 g/mol. The van der Waals surface area contributed by atoms with Crippen molar-refractivity contribution in [2.75, 3.05) is 11.5 Å². The molecule has 0 aliphatic carbocycles. The molecule has 0 aliphatic rings. The number of hydrogen-bond donors (Lipinski definition) is 2. The number of rotatable bonds is 1. The van der Waals surface area contributed by atoms with Crippen LogP contribution in [0, 0.1) is 22.7 Å². The van der Waals surface area contributed by atoms with Crippen LogP contribution in [-0.2, 0) is 6.42 Å². The quantitative estimate of drug-likeness (QED) is 0.611. The fourth-order valence-electron chi connectivity index (χ4n) is 1.06. The highest BCUT2D eigenvalue weighted by Gasteiger charge is 2.07. The standard InChI is InChI=1S/C9H8N4/c10-4-3-7-8(12)2-1-6(5-11)9(7)13/h1-2H,3,12-13H2. The summed E-state index contributed by atoms with van der Waals surface area (Å²) in [6, 6.07) is 7.01. The van der Waals surface area contributed by atoms with Gasteiger partial charge in [-0.3, -0.25) is 0 Å². The monoisotopic (exact) mass is 172 g/mol. The van der Waals surface area contributed by atoms with Crippen LogP contribution >= 0.6 is 0 Å².